The first-order valence-corrected chi connectivity index (χ1v) is 10.5. The van der Waals surface area contributed by atoms with Crippen molar-refractivity contribution in [1.82, 2.24) is 10.2 Å². The van der Waals surface area contributed by atoms with Gasteiger partial charge in [0, 0.05) is 38.2 Å². The molecule has 8 heteroatoms. The molecule has 2 aliphatic heterocycles. The zero-order chi connectivity index (χ0) is 21.5. The van der Waals surface area contributed by atoms with Crippen LogP contribution in [0.1, 0.15) is 42.5 Å². The van der Waals surface area contributed by atoms with E-state index in [0.29, 0.717) is 54.8 Å². The number of nitrogens with one attached hydrogen (secondary N) is 1. The molecule has 1 aromatic rings. The number of carbonyl (C=O) groups excluding carboxylic acids is 2. The van der Waals surface area contributed by atoms with Crippen LogP contribution >= 0.6 is 0 Å². The van der Waals surface area contributed by atoms with Gasteiger partial charge in [0.05, 0.1) is 27.4 Å². The maximum Gasteiger partial charge on any atom is 0.254 e. The van der Waals surface area contributed by atoms with Crippen molar-refractivity contribution in [2.45, 2.75) is 38.2 Å². The third-order valence-electron chi connectivity index (χ3n) is 5.84. The van der Waals surface area contributed by atoms with Gasteiger partial charge in [-0.05, 0) is 43.7 Å². The highest BCUT2D eigenvalue weighted by atomic mass is 16.5. The first-order valence-electron chi connectivity index (χ1n) is 10.5. The Morgan fingerprint density at radius 2 is 1.73 bits per heavy atom. The molecule has 0 aliphatic carbocycles. The van der Waals surface area contributed by atoms with Gasteiger partial charge in [-0.1, -0.05) is 0 Å². The summed E-state index contributed by atoms with van der Waals surface area (Å²) in [4.78, 5) is 27.0. The number of amides is 2. The molecule has 8 nitrogen and oxygen atoms in total. The van der Waals surface area contributed by atoms with Crippen molar-refractivity contribution >= 4 is 11.8 Å². The first-order chi connectivity index (χ1) is 14.5. The highest BCUT2D eigenvalue weighted by molar-refractivity contribution is 5.95. The van der Waals surface area contributed by atoms with E-state index >= 15 is 0 Å². The molecular formula is C22H32N2O6. The molecule has 0 spiro atoms. The van der Waals surface area contributed by atoms with Crippen LogP contribution in [0.2, 0.25) is 0 Å². The Morgan fingerprint density at radius 3 is 2.27 bits per heavy atom. The topological polar surface area (TPSA) is 86.3 Å². The van der Waals surface area contributed by atoms with E-state index in [1.807, 2.05) is 4.90 Å². The zero-order valence-corrected chi connectivity index (χ0v) is 18.1. The van der Waals surface area contributed by atoms with Crippen LogP contribution in [0, 0.1) is 5.92 Å². The Bertz CT molecular complexity index is 714. The van der Waals surface area contributed by atoms with E-state index in [4.69, 9.17) is 18.9 Å². The van der Waals surface area contributed by atoms with Crippen molar-refractivity contribution in [2.75, 3.05) is 47.6 Å². The molecule has 3 rings (SSSR count). The van der Waals surface area contributed by atoms with Gasteiger partial charge in [0.2, 0.25) is 11.7 Å². The molecule has 1 unspecified atom stereocenters. The lowest BCUT2D eigenvalue weighted by molar-refractivity contribution is -0.122. The van der Waals surface area contributed by atoms with Gasteiger partial charge in [0.1, 0.15) is 0 Å². The largest absolute Gasteiger partial charge is 0.493 e. The molecule has 0 bridgehead atoms. The molecule has 1 aromatic carbocycles. The van der Waals surface area contributed by atoms with Crippen molar-refractivity contribution in [3.63, 3.8) is 0 Å². The number of hydrogen-bond donors (Lipinski definition) is 1. The second kappa shape index (κ2) is 10.5. The summed E-state index contributed by atoms with van der Waals surface area (Å²) in [7, 11) is 4.59. The number of benzene rings is 1. The number of likely N-dealkylation sites (tertiary alicyclic amines) is 1. The SMILES string of the molecule is COc1cc(C(=O)N2CCC(CC(=O)NCC3CCCO3)CC2)cc(OC)c1OC. The first kappa shape index (κ1) is 22.2. The van der Waals surface area contributed by atoms with Crippen LogP contribution in [-0.4, -0.2) is 70.4 Å². The number of nitrogens with zero attached hydrogens (tertiary/aromatic N) is 1. The molecule has 166 valence electrons. The van der Waals surface area contributed by atoms with Crippen molar-refractivity contribution < 1.29 is 28.5 Å². The Kier molecular flexibility index (Phi) is 7.79. The number of hydrogen-bond acceptors (Lipinski definition) is 6. The van der Waals surface area contributed by atoms with Gasteiger partial charge < -0.3 is 29.2 Å². The van der Waals surface area contributed by atoms with Crippen molar-refractivity contribution in [3.8, 4) is 17.2 Å². The lowest BCUT2D eigenvalue weighted by Crippen LogP contribution is -2.40. The number of ether oxygens (including phenoxy) is 4. The van der Waals surface area contributed by atoms with E-state index in [2.05, 4.69) is 5.32 Å². The minimum absolute atomic E-state index is 0.0694. The average molecular weight is 421 g/mol. The van der Waals surface area contributed by atoms with E-state index in [1.165, 1.54) is 21.3 Å². The molecule has 1 N–H and O–H groups in total. The van der Waals surface area contributed by atoms with Crippen LogP contribution in [0.5, 0.6) is 17.2 Å². The van der Waals surface area contributed by atoms with Crippen molar-refractivity contribution in [2.24, 2.45) is 5.92 Å². The molecule has 2 heterocycles. The quantitative estimate of drug-likeness (QED) is 0.694. The predicted octanol–water partition coefficient (Wildman–Crippen LogP) is 2.25. The van der Waals surface area contributed by atoms with Gasteiger partial charge in [0.15, 0.2) is 11.5 Å². The van der Waals surface area contributed by atoms with Gasteiger partial charge in [-0.15, -0.1) is 0 Å². The van der Waals surface area contributed by atoms with Crippen LogP contribution in [0.25, 0.3) is 0 Å². The molecule has 1 atom stereocenters. The zero-order valence-electron chi connectivity index (χ0n) is 18.1. The third kappa shape index (κ3) is 5.36. The summed E-state index contributed by atoms with van der Waals surface area (Å²) in [6.45, 7) is 2.63. The number of rotatable bonds is 8. The van der Waals surface area contributed by atoms with Crippen LogP contribution in [0.15, 0.2) is 12.1 Å². The van der Waals surface area contributed by atoms with E-state index < -0.39 is 0 Å². The summed E-state index contributed by atoms with van der Waals surface area (Å²) < 4.78 is 21.6. The summed E-state index contributed by atoms with van der Waals surface area (Å²) in [5.74, 6) is 1.66. The summed E-state index contributed by atoms with van der Waals surface area (Å²) in [6, 6.07) is 3.35. The minimum Gasteiger partial charge on any atom is -0.493 e. The molecule has 2 saturated heterocycles. The van der Waals surface area contributed by atoms with E-state index in [0.717, 1.165) is 32.3 Å². The second-order valence-corrected chi connectivity index (χ2v) is 7.79. The molecule has 2 aliphatic rings. The predicted molar refractivity (Wildman–Crippen MR) is 111 cm³/mol. The normalized spacial score (nSPS) is 19.4. The third-order valence-corrected chi connectivity index (χ3v) is 5.84. The standard InChI is InChI=1S/C22H32N2O6/c1-27-18-12-16(13-19(28-2)21(18)29-3)22(26)24-8-6-15(7-9-24)11-20(25)23-14-17-5-4-10-30-17/h12-13,15,17H,4-11,14H2,1-3H3,(H,23,25). The summed E-state index contributed by atoms with van der Waals surface area (Å²) in [5.41, 5.74) is 0.497. The molecule has 0 saturated carbocycles. The van der Waals surface area contributed by atoms with Gasteiger partial charge in [-0.3, -0.25) is 9.59 Å². The average Bonchev–Trinajstić information content (AvgIpc) is 3.30. The molecule has 0 aromatic heterocycles. The fourth-order valence-electron chi connectivity index (χ4n) is 4.09. The minimum atomic E-state index is -0.0736. The van der Waals surface area contributed by atoms with Gasteiger partial charge >= 0.3 is 0 Å². The maximum absolute atomic E-state index is 13.0. The van der Waals surface area contributed by atoms with Gasteiger partial charge in [-0.25, -0.2) is 0 Å². The van der Waals surface area contributed by atoms with Crippen molar-refractivity contribution in [3.05, 3.63) is 17.7 Å². The lowest BCUT2D eigenvalue weighted by atomic mass is 9.92. The van der Waals surface area contributed by atoms with Crippen LogP contribution in [0.3, 0.4) is 0 Å². The molecule has 2 fully saturated rings. The lowest BCUT2D eigenvalue weighted by Gasteiger charge is -2.32. The van der Waals surface area contributed by atoms with Crippen LogP contribution in [-0.2, 0) is 9.53 Å². The summed E-state index contributed by atoms with van der Waals surface area (Å²) >= 11 is 0. The highest BCUT2D eigenvalue weighted by Gasteiger charge is 2.27. The Labute approximate surface area is 177 Å². The van der Waals surface area contributed by atoms with Gasteiger partial charge in [-0.2, -0.15) is 0 Å². The Hall–Kier alpha value is -2.48. The molecule has 30 heavy (non-hydrogen) atoms. The molecule has 0 radical (unpaired) electrons. The van der Waals surface area contributed by atoms with E-state index in [9.17, 15) is 9.59 Å². The number of carbonyl (C=O) groups is 2. The number of methoxy groups -OCH3 is 3. The van der Waals surface area contributed by atoms with E-state index in [1.54, 1.807) is 12.1 Å². The summed E-state index contributed by atoms with van der Waals surface area (Å²) in [6.07, 6.45) is 4.36. The molecular weight excluding hydrogens is 388 g/mol. The van der Waals surface area contributed by atoms with Crippen LogP contribution < -0.4 is 19.5 Å². The highest BCUT2D eigenvalue weighted by Crippen LogP contribution is 2.38. The van der Waals surface area contributed by atoms with Gasteiger partial charge in [0.25, 0.3) is 5.91 Å². The fraction of sp³-hybridized carbons (Fsp3) is 0.636. The molecule has 2 amide bonds. The maximum atomic E-state index is 13.0. The van der Waals surface area contributed by atoms with Crippen molar-refractivity contribution in [1.29, 1.82) is 0 Å². The second-order valence-electron chi connectivity index (χ2n) is 7.79. The Morgan fingerprint density at radius 1 is 1.07 bits per heavy atom. The monoisotopic (exact) mass is 420 g/mol. The van der Waals surface area contributed by atoms with Crippen LogP contribution in [0.4, 0.5) is 0 Å². The number of piperidine rings is 1. The summed E-state index contributed by atoms with van der Waals surface area (Å²) in [5, 5.41) is 2.98. The van der Waals surface area contributed by atoms with E-state index in [-0.39, 0.29) is 17.9 Å². The smallest absolute Gasteiger partial charge is 0.254 e. The Balaban J connectivity index is 1.52. The fourth-order valence-corrected chi connectivity index (χ4v) is 4.09.